The molecule has 2 heterocycles. The van der Waals surface area contributed by atoms with E-state index < -0.39 is 0 Å². The number of rotatable bonds is 4. The van der Waals surface area contributed by atoms with Crippen LogP contribution >= 0.6 is 0 Å². The van der Waals surface area contributed by atoms with Crippen molar-refractivity contribution < 1.29 is 0 Å². The summed E-state index contributed by atoms with van der Waals surface area (Å²) in [6.45, 7) is 5.47. The second-order valence-corrected chi connectivity index (χ2v) is 5.91. The normalized spacial score (nSPS) is 18.5. The molecule has 3 nitrogen and oxygen atoms in total. The number of nitrogens with one attached hydrogen (secondary N) is 1. The van der Waals surface area contributed by atoms with Crippen LogP contribution in [0.3, 0.4) is 0 Å². The third-order valence-corrected chi connectivity index (χ3v) is 4.09. The molecule has 1 aromatic heterocycles. The van der Waals surface area contributed by atoms with Crippen molar-refractivity contribution in [1.29, 1.82) is 0 Å². The van der Waals surface area contributed by atoms with E-state index in [2.05, 4.69) is 46.4 Å². The van der Waals surface area contributed by atoms with Gasteiger partial charge in [0.2, 0.25) is 0 Å². The standard InChI is InChI=1S/C18H23N3/c1-15-5-4-12-21(14-15)18-9-7-16(8-10-18)20-13-17-6-2-3-11-19-17/h2-3,6-11,15,20H,4-5,12-14H2,1H3. The van der Waals surface area contributed by atoms with Crippen molar-refractivity contribution in [2.24, 2.45) is 5.92 Å². The number of hydrogen-bond donors (Lipinski definition) is 1. The lowest BCUT2D eigenvalue weighted by Gasteiger charge is -2.32. The topological polar surface area (TPSA) is 28.2 Å². The number of aromatic nitrogens is 1. The average Bonchev–Trinajstić information content (AvgIpc) is 2.54. The van der Waals surface area contributed by atoms with Gasteiger partial charge in [0, 0.05) is 30.7 Å². The van der Waals surface area contributed by atoms with E-state index in [9.17, 15) is 0 Å². The lowest BCUT2D eigenvalue weighted by atomic mass is 10.00. The molecule has 1 unspecified atom stereocenters. The molecular formula is C18H23N3. The Morgan fingerprint density at radius 2 is 2.05 bits per heavy atom. The first-order chi connectivity index (χ1) is 10.3. The number of hydrogen-bond acceptors (Lipinski definition) is 3. The molecule has 1 saturated heterocycles. The van der Waals surface area contributed by atoms with Gasteiger partial charge in [-0.1, -0.05) is 13.0 Å². The molecule has 110 valence electrons. The molecule has 1 aromatic carbocycles. The Morgan fingerprint density at radius 3 is 2.76 bits per heavy atom. The van der Waals surface area contributed by atoms with Gasteiger partial charge in [-0.05, 0) is 55.2 Å². The number of nitrogens with zero attached hydrogens (tertiary/aromatic N) is 2. The van der Waals surface area contributed by atoms with Gasteiger partial charge in [-0.3, -0.25) is 4.98 Å². The fraction of sp³-hybridized carbons (Fsp3) is 0.389. The highest BCUT2D eigenvalue weighted by molar-refractivity contribution is 5.55. The van der Waals surface area contributed by atoms with E-state index in [0.717, 1.165) is 23.8 Å². The largest absolute Gasteiger partial charge is 0.379 e. The molecule has 0 bridgehead atoms. The molecular weight excluding hydrogens is 258 g/mol. The maximum Gasteiger partial charge on any atom is 0.0594 e. The van der Waals surface area contributed by atoms with Crippen molar-refractivity contribution in [2.75, 3.05) is 23.3 Å². The van der Waals surface area contributed by atoms with Crippen LogP contribution < -0.4 is 10.2 Å². The Hall–Kier alpha value is -2.03. The summed E-state index contributed by atoms with van der Waals surface area (Å²) >= 11 is 0. The van der Waals surface area contributed by atoms with Gasteiger partial charge in [0.15, 0.2) is 0 Å². The molecule has 3 heteroatoms. The SMILES string of the molecule is CC1CCCN(c2ccc(NCc3ccccn3)cc2)C1. The molecule has 0 amide bonds. The molecule has 2 aromatic rings. The number of anilines is 2. The summed E-state index contributed by atoms with van der Waals surface area (Å²) in [6, 6.07) is 14.8. The molecule has 0 spiro atoms. The van der Waals surface area contributed by atoms with E-state index in [-0.39, 0.29) is 0 Å². The predicted octanol–water partition coefficient (Wildman–Crippen LogP) is 3.93. The molecule has 1 fully saturated rings. The molecule has 3 rings (SSSR count). The van der Waals surface area contributed by atoms with Crippen molar-refractivity contribution >= 4 is 11.4 Å². The molecule has 1 atom stereocenters. The summed E-state index contributed by atoms with van der Waals surface area (Å²) in [5.74, 6) is 0.806. The first-order valence-electron chi connectivity index (χ1n) is 7.80. The monoisotopic (exact) mass is 281 g/mol. The maximum absolute atomic E-state index is 4.32. The summed E-state index contributed by atoms with van der Waals surface area (Å²) in [7, 11) is 0. The van der Waals surface area contributed by atoms with Crippen molar-refractivity contribution in [3.8, 4) is 0 Å². The van der Waals surface area contributed by atoms with Crippen molar-refractivity contribution in [1.82, 2.24) is 4.98 Å². The fourth-order valence-electron chi connectivity index (χ4n) is 2.91. The Labute approximate surface area is 127 Å². The summed E-state index contributed by atoms with van der Waals surface area (Å²) in [5, 5.41) is 3.42. The second-order valence-electron chi connectivity index (χ2n) is 5.91. The lowest BCUT2D eigenvalue weighted by molar-refractivity contribution is 0.447. The number of piperidine rings is 1. The minimum Gasteiger partial charge on any atom is -0.379 e. The highest BCUT2D eigenvalue weighted by Gasteiger charge is 2.16. The molecule has 0 radical (unpaired) electrons. The van der Waals surface area contributed by atoms with Crippen LogP contribution in [0.25, 0.3) is 0 Å². The van der Waals surface area contributed by atoms with Gasteiger partial charge < -0.3 is 10.2 Å². The van der Waals surface area contributed by atoms with Gasteiger partial charge in [-0.25, -0.2) is 0 Å². The van der Waals surface area contributed by atoms with Gasteiger partial charge in [0.25, 0.3) is 0 Å². The van der Waals surface area contributed by atoms with Crippen LogP contribution in [0.5, 0.6) is 0 Å². The van der Waals surface area contributed by atoms with Gasteiger partial charge in [0.1, 0.15) is 0 Å². The van der Waals surface area contributed by atoms with Crippen LogP contribution in [0.1, 0.15) is 25.5 Å². The van der Waals surface area contributed by atoms with Crippen LogP contribution in [-0.4, -0.2) is 18.1 Å². The van der Waals surface area contributed by atoms with Gasteiger partial charge in [-0.15, -0.1) is 0 Å². The number of pyridine rings is 1. The summed E-state index contributed by atoms with van der Waals surface area (Å²) in [6.07, 6.45) is 4.50. The van der Waals surface area contributed by atoms with Gasteiger partial charge >= 0.3 is 0 Å². The fourth-order valence-corrected chi connectivity index (χ4v) is 2.91. The molecule has 1 aliphatic rings. The van der Waals surface area contributed by atoms with E-state index in [4.69, 9.17) is 0 Å². The van der Waals surface area contributed by atoms with Crippen molar-refractivity contribution in [3.05, 3.63) is 54.4 Å². The van der Waals surface area contributed by atoms with Crippen LogP contribution in [-0.2, 0) is 6.54 Å². The van der Waals surface area contributed by atoms with E-state index in [1.54, 1.807) is 0 Å². The Morgan fingerprint density at radius 1 is 1.19 bits per heavy atom. The lowest BCUT2D eigenvalue weighted by Crippen LogP contribution is -2.34. The predicted molar refractivity (Wildman–Crippen MR) is 88.6 cm³/mol. The van der Waals surface area contributed by atoms with Crippen molar-refractivity contribution in [3.63, 3.8) is 0 Å². The third kappa shape index (κ3) is 3.75. The van der Waals surface area contributed by atoms with E-state index in [1.165, 1.54) is 31.6 Å². The van der Waals surface area contributed by atoms with Crippen LogP contribution in [0.4, 0.5) is 11.4 Å². The Balaban J connectivity index is 1.59. The molecule has 0 saturated carbocycles. The molecule has 1 N–H and O–H groups in total. The summed E-state index contributed by atoms with van der Waals surface area (Å²) < 4.78 is 0. The Bertz CT molecular complexity index is 550. The zero-order valence-corrected chi connectivity index (χ0v) is 12.6. The first kappa shape index (κ1) is 13.9. The quantitative estimate of drug-likeness (QED) is 0.920. The average molecular weight is 281 g/mol. The first-order valence-corrected chi connectivity index (χ1v) is 7.80. The van der Waals surface area contributed by atoms with Crippen LogP contribution in [0, 0.1) is 5.92 Å². The minimum absolute atomic E-state index is 0.765. The van der Waals surface area contributed by atoms with E-state index in [1.807, 2.05) is 24.4 Å². The maximum atomic E-state index is 4.32. The van der Waals surface area contributed by atoms with Gasteiger partial charge in [0.05, 0.1) is 12.2 Å². The number of benzene rings is 1. The smallest absolute Gasteiger partial charge is 0.0594 e. The van der Waals surface area contributed by atoms with Crippen LogP contribution in [0.15, 0.2) is 48.7 Å². The molecule has 1 aliphatic heterocycles. The van der Waals surface area contributed by atoms with Crippen molar-refractivity contribution in [2.45, 2.75) is 26.3 Å². The summed E-state index contributed by atoms with van der Waals surface area (Å²) in [4.78, 5) is 6.82. The highest BCUT2D eigenvalue weighted by Crippen LogP contribution is 2.24. The highest BCUT2D eigenvalue weighted by atomic mass is 15.1. The van der Waals surface area contributed by atoms with Crippen LogP contribution in [0.2, 0.25) is 0 Å². The molecule has 0 aliphatic carbocycles. The summed E-state index contributed by atoms with van der Waals surface area (Å²) in [5.41, 5.74) is 3.55. The van der Waals surface area contributed by atoms with E-state index in [0.29, 0.717) is 0 Å². The zero-order valence-electron chi connectivity index (χ0n) is 12.6. The third-order valence-electron chi connectivity index (χ3n) is 4.09. The second kappa shape index (κ2) is 6.61. The molecule has 21 heavy (non-hydrogen) atoms. The minimum atomic E-state index is 0.765. The Kier molecular flexibility index (Phi) is 4.39. The van der Waals surface area contributed by atoms with Gasteiger partial charge in [-0.2, -0.15) is 0 Å². The zero-order chi connectivity index (χ0) is 14.5. The van der Waals surface area contributed by atoms with E-state index >= 15 is 0 Å².